The molecule has 1 atom stereocenters. The molecule has 0 bridgehead atoms. The van der Waals surface area contributed by atoms with Crippen LogP contribution in [0.3, 0.4) is 0 Å². The van der Waals surface area contributed by atoms with Gasteiger partial charge >= 0.3 is 5.97 Å². The second-order valence-corrected chi connectivity index (χ2v) is 4.26. The summed E-state index contributed by atoms with van der Waals surface area (Å²) in [6, 6.07) is 3.99. The Morgan fingerprint density at radius 1 is 1.47 bits per heavy atom. The molecule has 0 aliphatic rings. The highest BCUT2D eigenvalue weighted by Gasteiger charge is 2.07. The molecule has 0 saturated carbocycles. The van der Waals surface area contributed by atoms with Gasteiger partial charge in [-0.25, -0.2) is 14.8 Å². The molecular formula is C13H15N3O3. The molecule has 0 spiro atoms. The summed E-state index contributed by atoms with van der Waals surface area (Å²) >= 11 is 0. The molecular weight excluding hydrogens is 246 g/mol. The highest BCUT2D eigenvalue weighted by molar-refractivity contribution is 5.84. The van der Waals surface area contributed by atoms with Gasteiger partial charge < -0.3 is 14.8 Å². The molecule has 2 heterocycles. The maximum atomic E-state index is 10.6. The maximum Gasteiger partial charge on any atom is 0.356 e. The smallest absolute Gasteiger partial charge is 0.356 e. The van der Waals surface area contributed by atoms with Crippen molar-refractivity contribution in [3.05, 3.63) is 42.2 Å². The number of aryl methyl sites for hydroxylation is 1. The molecule has 1 unspecified atom stereocenters. The van der Waals surface area contributed by atoms with Crippen LogP contribution in [0.25, 0.3) is 0 Å². The molecule has 0 amide bonds. The SMILES string of the molecule is CC(CCc1ccco1)Nc1cnc(C(=O)O)cn1. The van der Waals surface area contributed by atoms with Gasteiger partial charge in [0.05, 0.1) is 18.7 Å². The van der Waals surface area contributed by atoms with Crippen LogP contribution in [-0.4, -0.2) is 27.1 Å². The monoisotopic (exact) mass is 261 g/mol. The summed E-state index contributed by atoms with van der Waals surface area (Å²) in [5.41, 5.74) is -0.0613. The van der Waals surface area contributed by atoms with Crippen LogP contribution in [-0.2, 0) is 6.42 Å². The first-order valence-electron chi connectivity index (χ1n) is 5.99. The van der Waals surface area contributed by atoms with Gasteiger partial charge in [0.15, 0.2) is 5.69 Å². The molecule has 0 aromatic carbocycles. The largest absolute Gasteiger partial charge is 0.476 e. The average molecular weight is 261 g/mol. The molecule has 2 aromatic rings. The van der Waals surface area contributed by atoms with E-state index in [2.05, 4.69) is 15.3 Å². The van der Waals surface area contributed by atoms with Gasteiger partial charge in [0.25, 0.3) is 0 Å². The average Bonchev–Trinajstić information content (AvgIpc) is 2.90. The minimum Gasteiger partial charge on any atom is -0.476 e. The predicted molar refractivity (Wildman–Crippen MR) is 69.1 cm³/mol. The summed E-state index contributed by atoms with van der Waals surface area (Å²) in [7, 11) is 0. The second kappa shape index (κ2) is 5.99. The number of furan rings is 1. The van der Waals surface area contributed by atoms with E-state index in [0.717, 1.165) is 18.6 Å². The minimum atomic E-state index is -1.08. The van der Waals surface area contributed by atoms with E-state index in [1.54, 1.807) is 6.26 Å². The molecule has 0 saturated heterocycles. The number of aromatic carboxylic acids is 1. The van der Waals surface area contributed by atoms with E-state index in [-0.39, 0.29) is 11.7 Å². The van der Waals surface area contributed by atoms with Crippen LogP contribution < -0.4 is 5.32 Å². The number of aromatic nitrogens is 2. The number of rotatable bonds is 6. The standard InChI is InChI=1S/C13H15N3O3/c1-9(4-5-10-3-2-6-19-10)16-12-8-14-11(7-15-12)13(17)18/h2-3,6-9H,4-5H2,1H3,(H,15,16)(H,17,18). The maximum absolute atomic E-state index is 10.6. The Hall–Kier alpha value is -2.37. The number of carboxylic acids is 1. The molecule has 0 fully saturated rings. The molecule has 2 rings (SSSR count). The van der Waals surface area contributed by atoms with Crippen LogP contribution in [0.2, 0.25) is 0 Å². The zero-order valence-electron chi connectivity index (χ0n) is 10.5. The lowest BCUT2D eigenvalue weighted by atomic mass is 10.1. The van der Waals surface area contributed by atoms with Crippen molar-refractivity contribution in [2.75, 3.05) is 5.32 Å². The normalized spacial score (nSPS) is 12.1. The molecule has 2 N–H and O–H groups in total. The lowest BCUT2D eigenvalue weighted by Gasteiger charge is -2.13. The fraction of sp³-hybridized carbons (Fsp3) is 0.308. The van der Waals surface area contributed by atoms with E-state index in [0.29, 0.717) is 5.82 Å². The summed E-state index contributed by atoms with van der Waals surface area (Å²) < 4.78 is 5.26. The Balaban J connectivity index is 1.84. The number of hydrogen-bond donors (Lipinski definition) is 2. The first-order chi connectivity index (χ1) is 9.15. The van der Waals surface area contributed by atoms with Crippen molar-refractivity contribution in [2.45, 2.75) is 25.8 Å². The van der Waals surface area contributed by atoms with Gasteiger partial charge in [0.2, 0.25) is 0 Å². The Morgan fingerprint density at radius 2 is 2.32 bits per heavy atom. The highest BCUT2D eigenvalue weighted by atomic mass is 16.4. The van der Waals surface area contributed by atoms with Gasteiger partial charge in [-0.2, -0.15) is 0 Å². The van der Waals surface area contributed by atoms with Crippen molar-refractivity contribution in [3.8, 4) is 0 Å². The quantitative estimate of drug-likeness (QED) is 0.828. The van der Waals surface area contributed by atoms with Crippen molar-refractivity contribution < 1.29 is 14.3 Å². The van der Waals surface area contributed by atoms with E-state index in [1.807, 2.05) is 19.1 Å². The van der Waals surface area contributed by atoms with E-state index in [9.17, 15) is 4.79 Å². The summed E-state index contributed by atoms with van der Waals surface area (Å²) in [4.78, 5) is 18.4. The van der Waals surface area contributed by atoms with Crippen LogP contribution in [0.1, 0.15) is 29.6 Å². The molecule has 19 heavy (non-hydrogen) atoms. The van der Waals surface area contributed by atoms with E-state index < -0.39 is 5.97 Å². The van der Waals surface area contributed by atoms with Gasteiger partial charge in [-0.1, -0.05) is 0 Å². The number of anilines is 1. The summed E-state index contributed by atoms with van der Waals surface area (Å²) in [6.45, 7) is 2.02. The first kappa shape index (κ1) is 13.1. The lowest BCUT2D eigenvalue weighted by molar-refractivity contribution is 0.0690. The number of nitrogens with one attached hydrogen (secondary N) is 1. The molecule has 0 aliphatic carbocycles. The topological polar surface area (TPSA) is 88.2 Å². The van der Waals surface area contributed by atoms with E-state index in [1.165, 1.54) is 12.4 Å². The predicted octanol–water partition coefficient (Wildman–Crippen LogP) is 2.20. The van der Waals surface area contributed by atoms with E-state index >= 15 is 0 Å². The highest BCUT2D eigenvalue weighted by Crippen LogP contribution is 2.09. The van der Waals surface area contributed by atoms with E-state index in [4.69, 9.17) is 9.52 Å². The molecule has 0 radical (unpaired) electrons. The van der Waals surface area contributed by atoms with Crippen LogP contribution in [0.5, 0.6) is 0 Å². The first-order valence-corrected chi connectivity index (χ1v) is 5.99. The van der Waals surface area contributed by atoms with Crippen molar-refractivity contribution in [1.29, 1.82) is 0 Å². The van der Waals surface area contributed by atoms with Crippen molar-refractivity contribution in [2.24, 2.45) is 0 Å². The molecule has 100 valence electrons. The zero-order valence-corrected chi connectivity index (χ0v) is 10.5. The van der Waals surface area contributed by atoms with Crippen LogP contribution in [0.15, 0.2) is 35.2 Å². The molecule has 0 aliphatic heterocycles. The Labute approximate surface area is 110 Å². The summed E-state index contributed by atoms with van der Waals surface area (Å²) in [5.74, 6) is 0.433. The summed E-state index contributed by atoms with van der Waals surface area (Å²) in [5, 5.41) is 11.9. The van der Waals surface area contributed by atoms with Gasteiger partial charge in [-0.05, 0) is 25.5 Å². The van der Waals surface area contributed by atoms with Crippen LogP contribution >= 0.6 is 0 Å². The Bertz CT molecular complexity index is 523. The molecule has 6 heteroatoms. The summed E-state index contributed by atoms with van der Waals surface area (Å²) in [6.07, 6.45) is 6.04. The third-order valence-electron chi connectivity index (χ3n) is 2.67. The third-order valence-corrected chi connectivity index (χ3v) is 2.67. The number of nitrogens with zero attached hydrogens (tertiary/aromatic N) is 2. The van der Waals surface area contributed by atoms with Crippen LogP contribution in [0.4, 0.5) is 5.82 Å². The molecule has 6 nitrogen and oxygen atoms in total. The van der Waals surface area contributed by atoms with Gasteiger partial charge in [-0.15, -0.1) is 0 Å². The second-order valence-electron chi connectivity index (χ2n) is 4.26. The van der Waals surface area contributed by atoms with Crippen molar-refractivity contribution in [1.82, 2.24) is 9.97 Å². The van der Waals surface area contributed by atoms with Gasteiger partial charge in [0, 0.05) is 12.5 Å². The van der Waals surface area contributed by atoms with Crippen LogP contribution in [0, 0.1) is 0 Å². The van der Waals surface area contributed by atoms with Gasteiger partial charge in [0.1, 0.15) is 11.6 Å². The fourth-order valence-electron chi connectivity index (χ4n) is 1.65. The minimum absolute atomic E-state index is 0.0613. The fourth-order valence-corrected chi connectivity index (χ4v) is 1.65. The zero-order chi connectivity index (χ0) is 13.7. The van der Waals surface area contributed by atoms with Gasteiger partial charge in [-0.3, -0.25) is 0 Å². The number of carbonyl (C=O) groups is 1. The number of carboxylic acid groups (broad SMARTS) is 1. The Kier molecular flexibility index (Phi) is 4.12. The third kappa shape index (κ3) is 3.80. The lowest BCUT2D eigenvalue weighted by Crippen LogP contribution is -2.17. The van der Waals surface area contributed by atoms with Crippen molar-refractivity contribution >= 4 is 11.8 Å². The van der Waals surface area contributed by atoms with Crippen molar-refractivity contribution in [3.63, 3.8) is 0 Å². The number of hydrogen-bond acceptors (Lipinski definition) is 5. The Morgan fingerprint density at radius 3 is 2.89 bits per heavy atom. The molecule has 2 aromatic heterocycles.